The van der Waals surface area contributed by atoms with Crippen LogP contribution in [0, 0.1) is 11.7 Å². The van der Waals surface area contributed by atoms with Gasteiger partial charge in [0.05, 0.1) is 19.1 Å². The number of fused-ring (bicyclic) bond motifs is 3. The molecule has 1 amide bonds. The minimum atomic E-state index is -0.226. The highest BCUT2D eigenvalue weighted by Gasteiger charge is 2.42. The van der Waals surface area contributed by atoms with Crippen LogP contribution in [0.5, 0.6) is 5.75 Å². The first-order valence-electron chi connectivity index (χ1n) is 11.9. The van der Waals surface area contributed by atoms with E-state index in [1.54, 1.807) is 7.11 Å². The lowest BCUT2D eigenvalue weighted by atomic mass is 9.82. The van der Waals surface area contributed by atoms with Crippen LogP contribution >= 0.6 is 0 Å². The van der Waals surface area contributed by atoms with E-state index in [0.717, 1.165) is 50.3 Å². The van der Waals surface area contributed by atoms with Crippen LogP contribution in [0.1, 0.15) is 37.7 Å². The number of ether oxygens (including phenoxy) is 1. The number of benzene rings is 2. The van der Waals surface area contributed by atoms with Crippen molar-refractivity contribution in [3.63, 3.8) is 0 Å². The van der Waals surface area contributed by atoms with Crippen LogP contribution in [0.3, 0.4) is 0 Å². The highest BCUT2D eigenvalue weighted by molar-refractivity contribution is 5.83. The number of carbonyl (C=O) groups excluding carboxylic acids is 1. The average Bonchev–Trinajstić information content (AvgIpc) is 2.84. The van der Waals surface area contributed by atoms with Crippen molar-refractivity contribution in [3.8, 4) is 5.75 Å². The topological polar surface area (TPSA) is 44.8 Å². The number of carbonyl (C=O) groups is 1. The maximum absolute atomic E-state index is 13.5. The van der Waals surface area contributed by atoms with Gasteiger partial charge in [-0.2, -0.15) is 0 Å². The van der Waals surface area contributed by atoms with Crippen LogP contribution in [0.2, 0.25) is 0 Å². The fourth-order valence-electron chi connectivity index (χ4n) is 5.65. The largest absolute Gasteiger partial charge is 0.497 e. The summed E-state index contributed by atoms with van der Waals surface area (Å²) in [6, 6.07) is 13.3. The van der Waals surface area contributed by atoms with E-state index in [0.29, 0.717) is 6.04 Å². The Morgan fingerprint density at radius 3 is 2.59 bits per heavy atom. The van der Waals surface area contributed by atoms with Crippen LogP contribution in [-0.2, 0) is 11.2 Å². The van der Waals surface area contributed by atoms with Gasteiger partial charge < -0.3 is 19.9 Å². The Balaban J connectivity index is 1.43. The van der Waals surface area contributed by atoms with Gasteiger partial charge in [-0.1, -0.05) is 25.3 Å². The maximum atomic E-state index is 13.5. The molecule has 2 aromatic carbocycles. The standard InChI is InChI=1S/C26H32FN3O2/c1-32-22-12-7-18-15-23(26(31)28-20-5-3-2-4-6-20)25-17-29(13-14-30(25)24(18)16-22)21-10-8-19(27)9-11-21/h7-12,16,20,23,25H,2-6,13-15,17H2,1H3,(H,28,31)/t23-,25-/m1/s1. The molecule has 0 unspecified atom stereocenters. The molecule has 5 nitrogen and oxygen atoms in total. The Hall–Kier alpha value is -2.76. The van der Waals surface area contributed by atoms with E-state index in [9.17, 15) is 9.18 Å². The predicted octanol–water partition coefficient (Wildman–Crippen LogP) is 4.15. The summed E-state index contributed by atoms with van der Waals surface area (Å²) in [7, 11) is 1.69. The average molecular weight is 438 g/mol. The summed E-state index contributed by atoms with van der Waals surface area (Å²) in [6.45, 7) is 2.39. The zero-order chi connectivity index (χ0) is 22.1. The molecule has 0 radical (unpaired) electrons. The number of halogens is 1. The molecule has 32 heavy (non-hydrogen) atoms. The third kappa shape index (κ3) is 4.15. The van der Waals surface area contributed by atoms with Crippen molar-refractivity contribution >= 4 is 17.3 Å². The summed E-state index contributed by atoms with van der Waals surface area (Å²) in [5, 5.41) is 3.38. The second-order valence-electron chi connectivity index (χ2n) is 9.33. The van der Waals surface area contributed by atoms with Gasteiger partial charge in [-0.05, 0) is 55.2 Å². The number of hydrogen-bond acceptors (Lipinski definition) is 4. The first kappa shape index (κ1) is 21.1. The molecular formula is C26H32FN3O2. The van der Waals surface area contributed by atoms with Gasteiger partial charge in [0.2, 0.25) is 5.91 Å². The molecule has 1 N–H and O–H groups in total. The molecule has 2 aromatic rings. The van der Waals surface area contributed by atoms with Crippen molar-refractivity contribution in [2.75, 3.05) is 36.5 Å². The lowest BCUT2D eigenvalue weighted by molar-refractivity contribution is -0.126. The van der Waals surface area contributed by atoms with E-state index in [1.807, 2.05) is 18.2 Å². The van der Waals surface area contributed by atoms with Crippen molar-refractivity contribution in [1.82, 2.24) is 5.32 Å². The van der Waals surface area contributed by atoms with Gasteiger partial charge in [0.25, 0.3) is 0 Å². The summed E-state index contributed by atoms with van der Waals surface area (Å²) < 4.78 is 18.9. The Bertz CT molecular complexity index is 958. The number of hydrogen-bond donors (Lipinski definition) is 1. The molecule has 2 atom stereocenters. The number of amides is 1. The van der Waals surface area contributed by atoms with E-state index in [2.05, 4.69) is 27.2 Å². The number of methoxy groups -OCH3 is 1. The highest BCUT2D eigenvalue weighted by atomic mass is 19.1. The normalized spacial score (nSPS) is 23.3. The van der Waals surface area contributed by atoms with Crippen molar-refractivity contribution < 1.29 is 13.9 Å². The molecule has 0 spiro atoms. The van der Waals surface area contributed by atoms with Crippen molar-refractivity contribution in [2.45, 2.75) is 50.6 Å². The third-order valence-electron chi connectivity index (χ3n) is 7.40. The van der Waals surface area contributed by atoms with E-state index >= 15 is 0 Å². The fraction of sp³-hybridized carbons (Fsp3) is 0.500. The van der Waals surface area contributed by atoms with Gasteiger partial charge in [0.15, 0.2) is 0 Å². The van der Waals surface area contributed by atoms with Crippen molar-refractivity contribution in [2.24, 2.45) is 5.92 Å². The SMILES string of the molecule is COc1ccc2c(c1)N1CCN(c3ccc(F)cc3)C[C@@H]1[C@H](C(=O)NC1CCCCC1)C2. The molecular weight excluding hydrogens is 405 g/mol. The quantitative estimate of drug-likeness (QED) is 0.781. The van der Waals surface area contributed by atoms with Crippen LogP contribution in [0.4, 0.5) is 15.8 Å². The summed E-state index contributed by atoms with van der Waals surface area (Å²) >= 11 is 0. The van der Waals surface area contributed by atoms with E-state index in [4.69, 9.17) is 4.74 Å². The second kappa shape index (κ2) is 9.00. The molecule has 170 valence electrons. The Kier molecular flexibility index (Phi) is 5.94. The molecule has 3 aliphatic rings. The van der Waals surface area contributed by atoms with Crippen LogP contribution in [0.15, 0.2) is 42.5 Å². The zero-order valence-electron chi connectivity index (χ0n) is 18.7. The van der Waals surface area contributed by atoms with Crippen LogP contribution in [0.25, 0.3) is 0 Å². The molecule has 0 bridgehead atoms. The number of rotatable bonds is 4. The molecule has 0 aromatic heterocycles. The highest BCUT2D eigenvalue weighted by Crippen LogP contribution is 2.39. The first-order chi connectivity index (χ1) is 15.6. The lowest BCUT2D eigenvalue weighted by Gasteiger charge is -2.50. The summed E-state index contributed by atoms with van der Waals surface area (Å²) in [6.07, 6.45) is 6.58. The van der Waals surface area contributed by atoms with Crippen molar-refractivity contribution in [3.05, 3.63) is 53.8 Å². The maximum Gasteiger partial charge on any atom is 0.225 e. The third-order valence-corrected chi connectivity index (χ3v) is 7.40. The predicted molar refractivity (Wildman–Crippen MR) is 125 cm³/mol. The summed E-state index contributed by atoms with van der Waals surface area (Å²) in [5.41, 5.74) is 3.39. The molecule has 1 saturated carbocycles. The monoisotopic (exact) mass is 437 g/mol. The smallest absolute Gasteiger partial charge is 0.225 e. The summed E-state index contributed by atoms with van der Waals surface area (Å²) in [4.78, 5) is 18.2. The molecule has 6 heteroatoms. The van der Waals surface area contributed by atoms with Gasteiger partial charge in [-0.15, -0.1) is 0 Å². The van der Waals surface area contributed by atoms with Crippen LogP contribution < -0.4 is 19.9 Å². The first-order valence-corrected chi connectivity index (χ1v) is 11.9. The Labute approximate surface area is 189 Å². The lowest BCUT2D eigenvalue weighted by Crippen LogP contribution is -2.61. The number of nitrogens with zero attached hydrogens (tertiary/aromatic N) is 2. The van der Waals surface area contributed by atoms with Gasteiger partial charge in [0.1, 0.15) is 11.6 Å². The number of anilines is 2. The van der Waals surface area contributed by atoms with E-state index < -0.39 is 0 Å². The van der Waals surface area contributed by atoms with Gasteiger partial charge in [-0.3, -0.25) is 4.79 Å². The van der Waals surface area contributed by atoms with Crippen LogP contribution in [-0.4, -0.2) is 44.7 Å². The van der Waals surface area contributed by atoms with Gasteiger partial charge >= 0.3 is 0 Å². The summed E-state index contributed by atoms with van der Waals surface area (Å²) in [5.74, 6) is 0.680. The molecule has 1 saturated heterocycles. The van der Waals surface area contributed by atoms with E-state index in [1.165, 1.54) is 42.6 Å². The molecule has 1 aliphatic carbocycles. The fourth-order valence-corrected chi connectivity index (χ4v) is 5.65. The van der Waals surface area contributed by atoms with Gasteiger partial charge in [-0.25, -0.2) is 4.39 Å². The molecule has 2 fully saturated rings. The minimum Gasteiger partial charge on any atom is -0.497 e. The molecule has 5 rings (SSSR count). The number of piperazine rings is 1. The number of nitrogens with one attached hydrogen (secondary N) is 1. The minimum absolute atomic E-state index is 0.0667. The zero-order valence-corrected chi connectivity index (χ0v) is 18.7. The second-order valence-corrected chi connectivity index (χ2v) is 9.33. The molecule has 2 heterocycles. The van der Waals surface area contributed by atoms with Gasteiger partial charge in [0, 0.05) is 43.1 Å². The Morgan fingerprint density at radius 2 is 1.84 bits per heavy atom. The Morgan fingerprint density at radius 1 is 1.06 bits per heavy atom. The van der Waals surface area contributed by atoms with E-state index in [-0.39, 0.29) is 23.7 Å². The molecule has 2 aliphatic heterocycles. The van der Waals surface area contributed by atoms with Crippen molar-refractivity contribution in [1.29, 1.82) is 0 Å².